The molecule has 26 heavy (non-hydrogen) atoms. The standard InChI is InChI=1S/C20H12N2O4/c23-19-16-6-5-15(25-20(24)14-4-2-8-22-12-14)10-17(16)26-18(19)9-13-3-1-7-21-11-13/h1-12H/b18-9-. The minimum Gasteiger partial charge on any atom is -0.452 e. The number of ketones is 1. The third-order valence-electron chi connectivity index (χ3n) is 3.73. The molecule has 1 aliphatic heterocycles. The van der Waals surface area contributed by atoms with Gasteiger partial charge in [0.15, 0.2) is 5.76 Å². The van der Waals surface area contributed by atoms with Crippen LogP contribution < -0.4 is 9.47 Å². The highest BCUT2D eigenvalue weighted by Gasteiger charge is 2.28. The lowest BCUT2D eigenvalue weighted by molar-refractivity contribution is 0.0734. The number of rotatable bonds is 3. The van der Waals surface area contributed by atoms with Crippen LogP contribution >= 0.6 is 0 Å². The number of nitrogens with zero attached hydrogens (tertiary/aromatic N) is 2. The molecule has 0 spiro atoms. The van der Waals surface area contributed by atoms with Crippen LogP contribution in [0, 0.1) is 0 Å². The van der Waals surface area contributed by atoms with Crippen LogP contribution in [0.3, 0.4) is 0 Å². The second kappa shape index (κ2) is 6.60. The Bertz CT molecular complexity index is 1010. The molecule has 0 bridgehead atoms. The highest BCUT2D eigenvalue weighted by atomic mass is 16.5. The maximum atomic E-state index is 12.4. The molecule has 6 nitrogen and oxygen atoms in total. The molecule has 6 heteroatoms. The van der Waals surface area contributed by atoms with E-state index in [-0.39, 0.29) is 17.3 Å². The summed E-state index contributed by atoms with van der Waals surface area (Å²) in [6.45, 7) is 0. The Morgan fingerprint density at radius 1 is 1.04 bits per heavy atom. The second-order valence-electron chi connectivity index (χ2n) is 5.52. The molecular formula is C20H12N2O4. The topological polar surface area (TPSA) is 78.4 Å². The van der Waals surface area contributed by atoms with E-state index in [0.717, 1.165) is 5.56 Å². The van der Waals surface area contributed by atoms with E-state index >= 15 is 0 Å². The number of carbonyl (C=O) groups excluding carboxylic acids is 2. The van der Waals surface area contributed by atoms with Gasteiger partial charge < -0.3 is 9.47 Å². The summed E-state index contributed by atoms with van der Waals surface area (Å²) in [5.41, 5.74) is 1.51. The molecular weight excluding hydrogens is 332 g/mol. The molecule has 1 aromatic carbocycles. The Morgan fingerprint density at radius 3 is 2.58 bits per heavy atom. The SMILES string of the molecule is O=C(Oc1ccc2c(c1)O/C(=C\c1cccnc1)C2=O)c1cccnc1. The lowest BCUT2D eigenvalue weighted by Gasteiger charge is -2.05. The molecule has 3 heterocycles. The maximum Gasteiger partial charge on any atom is 0.345 e. The molecule has 0 amide bonds. The van der Waals surface area contributed by atoms with E-state index in [2.05, 4.69) is 9.97 Å². The van der Waals surface area contributed by atoms with Crippen LogP contribution in [-0.4, -0.2) is 21.7 Å². The van der Waals surface area contributed by atoms with E-state index in [9.17, 15) is 9.59 Å². The number of aromatic nitrogens is 2. The van der Waals surface area contributed by atoms with Crippen molar-refractivity contribution in [3.05, 3.63) is 89.7 Å². The van der Waals surface area contributed by atoms with Crippen LogP contribution in [0.1, 0.15) is 26.3 Å². The van der Waals surface area contributed by atoms with Crippen molar-refractivity contribution in [2.75, 3.05) is 0 Å². The first kappa shape index (κ1) is 15.7. The minimum atomic E-state index is -0.534. The Kier molecular flexibility index (Phi) is 3.99. The average molecular weight is 344 g/mol. The predicted molar refractivity (Wildman–Crippen MR) is 92.8 cm³/mol. The van der Waals surface area contributed by atoms with Gasteiger partial charge in [-0.15, -0.1) is 0 Å². The Morgan fingerprint density at radius 2 is 1.85 bits per heavy atom. The van der Waals surface area contributed by atoms with Gasteiger partial charge in [0, 0.05) is 30.9 Å². The molecule has 0 atom stereocenters. The highest BCUT2D eigenvalue weighted by molar-refractivity contribution is 6.14. The lowest BCUT2D eigenvalue weighted by atomic mass is 10.1. The van der Waals surface area contributed by atoms with Crippen molar-refractivity contribution >= 4 is 17.8 Å². The van der Waals surface area contributed by atoms with Gasteiger partial charge in [-0.25, -0.2) is 4.79 Å². The predicted octanol–water partition coefficient (Wildman–Crippen LogP) is 3.31. The highest BCUT2D eigenvalue weighted by Crippen LogP contribution is 2.35. The number of ether oxygens (including phenoxy) is 2. The third-order valence-corrected chi connectivity index (χ3v) is 3.73. The summed E-state index contributed by atoms with van der Waals surface area (Å²) in [5.74, 6) is 0.0703. The van der Waals surface area contributed by atoms with E-state index in [4.69, 9.17) is 9.47 Å². The molecule has 0 unspecified atom stereocenters. The number of Topliss-reactive ketones (excluding diaryl/α,β-unsaturated/α-hetero) is 1. The molecule has 3 aromatic rings. The molecule has 0 N–H and O–H groups in total. The molecule has 0 fully saturated rings. The van der Waals surface area contributed by atoms with E-state index in [1.165, 1.54) is 12.3 Å². The zero-order chi connectivity index (χ0) is 17.9. The summed E-state index contributed by atoms with van der Waals surface area (Å²) >= 11 is 0. The number of esters is 1. The minimum absolute atomic E-state index is 0.198. The fourth-order valence-corrected chi connectivity index (χ4v) is 2.49. The van der Waals surface area contributed by atoms with E-state index < -0.39 is 5.97 Å². The second-order valence-corrected chi connectivity index (χ2v) is 5.52. The van der Waals surface area contributed by atoms with Crippen LogP contribution in [0.4, 0.5) is 0 Å². The fraction of sp³-hybridized carbons (Fsp3) is 0. The van der Waals surface area contributed by atoms with Crippen molar-refractivity contribution in [3.63, 3.8) is 0 Å². The molecule has 1 aliphatic rings. The number of hydrogen-bond donors (Lipinski definition) is 0. The molecule has 4 rings (SSSR count). The van der Waals surface area contributed by atoms with Crippen molar-refractivity contribution in [3.8, 4) is 11.5 Å². The van der Waals surface area contributed by atoms with Gasteiger partial charge in [0.1, 0.15) is 11.5 Å². The summed E-state index contributed by atoms with van der Waals surface area (Å²) in [6, 6.07) is 11.5. The normalized spacial score (nSPS) is 14.0. The number of hydrogen-bond acceptors (Lipinski definition) is 6. The van der Waals surface area contributed by atoms with Gasteiger partial charge in [0.25, 0.3) is 0 Å². The van der Waals surface area contributed by atoms with Crippen molar-refractivity contribution in [1.29, 1.82) is 0 Å². The Balaban J connectivity index is 1.56. The molecule has 2 aromatic heterocycles. The first-order chi connectivity index (χ1) is 12.7. The fourth-order valence-electron chi connectivity index (χ4n) is 2.49. The van der Waals surface area contributed by atoms with Crippen molar-refractivity contribution < 1.29 is 19.1 Å². The first-order valence-electron chi connectivity index (χ1n) is 7.81. The van der Waals surface area contributed by atoms with Crippen molar-refractivity contribution in [2.45, 2.75) is 0 Å². The Labute approximate surface area is 148 Å². The number of pyridine rings is 2. The summed E-state index contributed by atoms with van der Waals surface area (Å²) in [5, 5.41) is 0. The molecule has 0 saturated heterocycles. The zero-order valence-electron chi connectivity index (χ0n) is 13.5. The van der Waals surface area contributed by atoms with Gasteiger partial charge in [-0.05, 0) is 42.0 Å². The first-order valence-corrected chi connectivity index (χ1v) is 7.81. The van der Waals surface area contributed by atoms with Gasteiger partial charge in [-0.3, -0.25) is 14.8 Å². The average Bonchev–Trinajstić information content (AvgIpc) is 2.98. The van der Waals surface area contributed by atoms with Crippen molar-refractivity contribution in [1.82, 2.24) is 9.97 Å². The van der Waals surface area contributed by atoms with E-state index in [1.807, 2.05) is 6.07 Å². The molecule has 0 aliphatic carbocycles. The third kappa shape index (κ3) is 3.08. The number of carbonyl (C=O) groups is 2. The number of fused-ring (bicyclic) bond motifs is 1. The van der Waals surface area contributed by atoms with Crippen LogP contribution in [0.15, 0.2) is 73.0 Å². The van der Waals surface area contributed by atoms with Gasteiger partial charge in [-0.1, -0.05) is 6.07 Å². The van der Waals surface area contributed by atoms with E-state index in [1.54, 1.807) is 55.0 Å². The number of allylic oxidation sites excluding steroid dienone is 1. The summed E-state index contributed by atoms with van der Waals surface area (Å²) in [6.07, 6.45) is 7.90. The van der Waals surface area contributed by atoms with Gasteiger partial charge in [0.05, 0.1) is 11.1 Å². The quantitative estimate of drug-likeness (QED) is 0.412. The monoisotopic (exact) mass is 344 g/mol. The molecule has 0 radical (unpaired) electrons. The van der Waals surface area contributed by atoms with Crippen LogP contribution in [0.2, 0.25) is 0 Å². The van der Waals surface area contributed by atoms with Crippen LogP contribution in [0.5, 0.6) is 11.5 Å². The number of benzene rings is 1. The van der Waals surface area contributed by atoms with Gasteiger partial charge >= 0.3 is 5.97 Å². The summed E-state index contributed by atoms with van der Waals surface area (Å²) < 4.78 is 10.9. The zero-order valence-corrected chi connectivity index (χ0v) is 13.5. The van der Waals surface area contributed by atoms with Crippen LogP contribution in [-0.2, 0) is 0 Å². The molecule has 126 valence electrons. The van der Waals surface area contributed by atoms with Gasteiger partial charge in [-0.2, -0.15) is 0 Å². The smallest absolute Gasteiger partial charge is 0.345 e. The van der Waals surface area contributed by atoms with E-state index in [0.29, 0.717) is 16.9 Å². The van der Waals surface area contributed by atoms with Crippen molar-refractivity contribution in [2.24, 2.45) is 0 Å². The Hall–Kier alpha value is -3.80. The maximum absolute atomic E-state index is 12.4. The van der Waals surface area contributed by atoms with Gasteiger partial charge in [0.2, 0.25) is 5.78 Å². The largest absolute Gasteiger partial charge is 0.452 e. The summed E-state index contributed by atoms with van der Waals surface area (Å²) in [7, 11) is 0. The summed E-state index contributed by atoms with van der Waals surface area (Å²) in [4.78, 5) is 32.4. The lowest BCUT2D eigenvalue weighted by Crippen LogP contribution is -2.08. The molecule has 0 saturated carbocycles. The van der Waals surface area contributed by atoms with Crippen LogP contribution in [0.25, 0.3) is 6.08 Å².